The van der Waals surface area contributed by atoms with Crippen molar-refractivity contribution in [3.63, 3.8) is 0 Å². The highest BCUT2D eigenvalue weighted by molar-refractivity contribution is 5.93. The van der Waals surface area contributed by atoms with Gasteiger partial charge in [0.1, 0.15) is 0 Å². The number of para-hydroxylation sites is 1. The van der Waals surface area contributed by atoms with E-state index in [1.54, 1.807) is 6.20 Å². The molecule has 0 spiro atoms. The molecular weight excluding hydrogens is 262 g/mol. The Bertz CT molecular complexity index is 586. The number of carbonyl (C=O) groups is 1. The van der Waals surface area contributed by atoms with Gasteiger partial charge in [-0.05, 0) is 30.5 Å². The van der Waals surface area contributed by atoms with Gasteiger partial charge in [-0.15, -0.1) is 0 Å². The Kier molecular flexibility index (Phi) is 4.34. The van der Waals surface area contributed by atoms with Crippen LogP contribution in [0.3, 0.4) is 0 Å². The molecule has 1 aromatic heterocycles. The molecule has 4 nitrogen and oxygen atoms in total. The fourth-order valence-electron chi connectivity index (χ4n) is 2.95. The molecule has 1 amide bonds. The van der Waals surface area contributed by atoms with Crippen LogP contribution in [0.15, 0.2) is 42.7 Å². The zero-order valence-corrected chi connectivity index (χ0v) is 12.2. The summed E-state index contributed by atoms with van der Waals surface area (Å²) < 4.78 is 1.87. The lowest BCUT2D eigenvalue weighted by Gasteiger charge is -2.21. The Balaban J connectivity index is 1.71. The SMILES string of the molecule is O=C(Nc1ccccc1Cn1cccn1)C1CCCCC1. The van der Waals surface area contributed by atoms with Gasteiger partial charge in [-0.25, -0.2) is 0 Å². The lowest BCUT2D eigenvalue weighted by molar-refractivity contribution is -0.120. The number of anilines is 1. The van der Waals surface area contributed by atoms with E-state index in [1.807, 2.05) is 41.2 Å². The minimum Gasteiger partial charge on any atom is -0.326 e. The molecule has 0 atom stereocenters. The van der Waals surface area contributed by atoms with Crippen molar-refractivity contribution in [2.75, 3.05) is 5.32 Å². The lowest BCUT2D eigenvalue weighted by atomic mass is 9.88. The predicted molar refractivity (Wildman–Crippen MR) is 83.0 cm³/mol. The van der Waals surface area contributed by atoms with E-state index in [2.05, 4.69) is 10.4 Å². The van der Waals surface area contributed by atoms with E-state index in [-0.39, 0.29) is 11.8 Å². The molecule has 0 saturated heterocycles. The molecule has 1 aromatic carbocycles. The molecule has 0 bridgehead atoms. The molecule has 0 radical (unpaired) electrons. The van der Waals surface area contributed by atoms with E-state index in [0.29, 0.717) is 6.54 Å². The summed E-state index contributed by atoms with van der Waals surface area (Å²) in [5.41, 5.74) is 1.99. The van der Waals surface area contributed by atoms with Gasteiger partial charge in [-0.1, -0.05) is 37.5 Å². The minimum absolute atomic E-state index is 0.169. The molecule has 0 unspecified atom stereocenters. The van der Waals surface area contributed by atoms with Gasteiger partial charge in [0.05, 0.1) is 6.54 Å². The Morgan fingerprint density at radius 3 is 2.76 bits per heavy atom. The molecule has 1 aliphatic rings. The van der Waals surface area contributed by atoms with Crippen molar-refractivity contribution in [3.05, 3.63) is 48.3 Å². The number of nitrogens with one attached hydrogen (secondary N) is 1. The Morgan fingerprint density at radius 1 is 1.19 bits per heavy atom. The maximum absolute atomic E-state index is 12.4. The summed E-state index contributed by atoms with van der Waals surface area (Å²) >= 11 is 0. The number of amides is 1. The zero-order chi connectivity index (χ0) is 14.5. The average Bonchev–Trinajstić information content (AvgIpc) is 3.03. The van der Waals surface area contributed by atoms with Crippen LogP contribution in [-0.4, -0.2) is 15.7 Å². The summed E-state index contributed by atoms with van der Waals surface area (Å²) in [5.74, 6) is 0.346. The third kappa shape index (κ3) is 3.51. The van der Waals surface area contributed by atoms with Crippen molar-refractivity contribution >= 4 is 11.6 Å². The monoisotopic (exact) mass is 283 g/mol. The van der Waals surface area contributed by atoms with Crippen LogP contribution < -0.4 is 5.32 Å². The van der Waals surface area contributed by atoms with Crippen molar-refractivity contribution in [2.24, 2.45) is 5.92 Å². The van der Waals surface area contributed by atoms with Crippen LogP contribution in [0.1, 0.15) is 37.7 Å². The summed E-state index contributed by atoms with van der Waals surface area (Å²) in [7, 11) is 0. The van der Waals surface area contributed by atoms with Gasteiger partial charge in [0.25, 0.3) is 0 Å². The fraction of sp³-hybridized carbons (Fsp3) is 0.412. The van der Waals surface area contributed by atoms with Gasteiger partial charge in [0.2, 0.25) is 5.91 Å². The molecule has 110 valence electrons. The van der Waals surface area contributed by atoms with Gasteiger partial charge >= 0.3 is 0 Å². The van der Waals surface area contributed by atoms with Crippen LogP contribution in [-0.2, 0) is 11.3 Å². The Labute approximate surface area is 125 Å². The number of benzene rings is 1. The van der Waals surface area contributed by atoms with Gasteiger partial charge in [-0.2, -0.15) is 5.10 Å². The smallest absolute Gasteiger partial charge is 0.227 e. The quantitative estimate of drug-likeness (QED) is 0.934. The van der Waals surface area contributed by atoms with E-state index in [0.717, 1.165) is 24.1 Å². The highest BCUT2D eigenvalue weighted by Gasteiger charge is 2.21. The second-order valence-electron chi connectivity index (χ2n) is 5.68. The van der Waals surface area contributed by atoms with Crippen LogP contribution in [0, 0.1) is 5.92 Å². The van der Waals surface area contributed by atoms with E-state index >= 15 is 0 Å². The molecule has 2 aromatic rings. The predicted octanol–water partition coefficient (Wildman–Crippen LogP) is 3.45. The minimum atomic E-state index is 0.169. The first-order valence-electron chi connectivity index (χ1n) is 7.69. The van der Waals surface area contributed by atoms with Crippen molar-refractivity contribution < 1.29 is 4.79 Å². The van der Waals surface area contributed by atoms with E-state index in [4.69, 9.17) is 0 Å². The maximum Gasteiger partial charge on any atom is 0.227 e. The molecular formula is C17H21N3O. The second-order valence-corrected chi connectivity index (χ2v) is 5.68. The van der Waals surface area contributed by atoms with Gasteiger partial charge < -0.3 is 5.32 Å². The van der Waals surface area contributed by atoms with Crippen LogP contribution >= 0.6 is 0 Å². The maximum atomic E-state index is 12.4. The largest absolute Gasteiger partial charge is 0.326 e. The molecule has 21 heavy (non-hydrogen) atoms. The lowest BCUT2D eigenvalue weighted by Crippen LogP contribution is -2.25. The molecule has 0 aliphatic heterocycles. The average molecular weight is 283 g/mol. The normalized spacial score (nSPS) is 15.8. The van der Waals surface area contributed by atoms with Crippen molar-refractivity contribution in [2.45, 2.75) is 38.6 Å². The van der Waals surface area contributed by atoms with Crippen LogP contribution in [0.25, 0.3) is 0 Å². The number of rotatable bonds is 4. The number of aromatic nitrogens is 2. The molecule has 3 rings (SSSR count). The first-order valence-corrected chi connectivity index (χ1v) is 7.69. The van der Waals surface area contributed by atoms with Gasteiger partial charge in [-0.3, -0.25) is 9.48 Å². The Morgan fingerprint density at radius 2 is 2.00 bits per heavy atom. The molecule has 1 aliphatic carbocycles. The first kappa shape index (κ1) is 13.9. The van der Waals surface area contributed by atoms with Gasteiger partial charge in [0.15, 0.2) is 0 Å². The summed E-state index contributed by atoms with van der Waals surface area (Å²) in [6.45, 7) is 0.675. The summed E-state index contributed by atoms with van der Waals surface area (Å²) in [4.78, 5) is 12.4. The van der Waals surface area contributed by atoms with Crippen LogP contribution in [0.5, 0.6) is 0 Å². The summed E-state index contributed by atoms with van der Waals surface area (Å²) in [5, 5.41) is 7.34. The molecule has 1 N–H and O–H groups in total. The van der Waals surface area contributed by atoms with E-state index < -0.39 is 0 Å². The molecule has 1 fully saturated rings. The van der Waals surface area contributed by atoms with Crippen molar-refractivity contribution in [3.8, 4) is 0 Å². The number of carbonyl (C=O) groups excluding carboxylic acids is 1. The first-order chi connectivity index (χ1) is 10.3. The van der Waals surface area contributed by atoms with Crippen LogP contribution in [0.2, 0.25) is 0 Å². The highest BCUT2D eigenvalue weighted by atomic mass is 16.1. The molecule has 4 heteroatoms. The summed E-state index contributed by atoms with van der Waals surface area (Å²) in [6.07, 6.45) is 9.35. The topological polar surface area (TPSA) is 46.9 Å². The third-order valence-electron chi connectivity index (χ3n) is 4.14. The third-order valence-corrected chi connectivity index (χ3v) is 4.14. The standard InChI is InChI=1S/C17H21N3O/c21-17(14-7-2-1-3-8-14)19-16-10-5-4-9-15(16)13-20-12-6-11-18-20/h4-6,9-12,14H,1-3,7-8,13H2,(H,19,21). The molecule has 1 saturated carbocycles. The van der Waals surface area contributed by atoms with Crippen molar-refractivity contribution in [1.29, 1.82) is 0 Å². The van der Waals surface area contributed by atoms with Crippen molar-refractivity contribution in [1.82, 2.24) is 9.78 Å². The number of hydrogen-bond donors (Lipinski definition) is 1. The van der Waals surface area contributed by atoms with E-state index in [9.17, 15) is 4.79 Å². The fourth-order valence-corrected chi connectivity index (χ4v) is 2.95. The molecule has 1 heterocycles. The van der Waals surface area contributed by atoms with Crippen LogP contribution in [0.4, 0.5) is 5.69 Å². The second kappa shape index (κ2) is 6.57. The number of nitrogens with zero attached hydrogens (tertiary/aromatic N) is 2. The number of hydrogen-bond acceptors (Lipinski definition) is 2. The van der Waals surface area contributed by atoms with E-state index in [1.165, 1.54) is 19.3 Å². The van der Waals surface area contributed by atoms with Gasteiger partial charge in [0, 0.05) is 24.0 Å². The highest BCUT2D eigenvalue weighted by Crippen LogP contribution is 2.26. The summed E-state index contributed by atoms with van der Waals surface area (Å²) in [6, 6.07) is 9.87. The zero-order valence-electron chi connectivity index (χ0n) is 12.2. The Hall–Kier alpha value is -2.10.